The monoisotopic (exact) mass is 367 g/mol. The van der Waals surface area contributed by atoms with Crippen LogP contribution in [0.25, 0.3) is 0 Å². The molecule has 3 N–H and O–H groups in total. The number of anilines is 2. The van der Waals surface area contributed by atoms with Crippen LogP contribution in [0.3, 0.4) is 0 Å². The van der Waals surface area contributed by atoms with Gasteiger partial charge in [-0.2, -0.15) is 0 Å². The zero-order chi connectivity index (χ0) is 19.2. The third-order valence-electron chi connectivity index (χ3n) is 4.27. The van der Waals surface area contributed by atoms with Gasteiger partial charge in [-0.25, -0.2) is 0 Å². The predicted molar refractivity (Wildman–Crippen MR) is 102 cm³/mol. The van der Waals surface area contributed by atoms with Gasteiger partial charge in [-0.15, -0.1) is 0 Å². The van der Waals surface area contributed by atoms with Crippen LogP contribution in [0.5, 0.6) is 5.75 Å². The molecule has 0 aliphatic carbocycles. The van der Waals surface area contributed by atoms with Crippen LogP contribution in [-0.2, 0) is 9.59 Å². The molecule has 0 unspecified atom stereocenters. The van der Waals surface area contributed by atoms with E-state index in [0.717, 1.165) is 0 Å². The first-order valence-corrected chi connectivity index (χ1v) is 8.69. The first-order chi connectivity index (χ1) is 13.0. The lowest BCUT2D eigenvalue weighted by molar-refractivity contribution is -0.119. The zero-order valence-electron chi connectivity index (χ0n) is 15.0. The summed E-state index contributed by atoms with van der Waals surface area (Å²) in [5.41, 5.74) is 1.55. The quantitative estimate of drug-likeness (QED) is 0.731. The fourth-order valence-corrected chi connectivity index (χ4v) is 2.97. The molecule has 2 aromatic carbocycles. The summed E-state index contributed by atoms with van der Waals surface area (Å²) in [7, 11) is 1.51. The highest BCUT2D eigenvalue weighted by molar-refractivity contribution is 6.06. The largest absolute Gasteiger partial charge is 0.496 e. The Balaban J connectivity index is 1.62. The third-order valence-corrected chi connectivity index (χ3v) is 4.27. The number of hydrogen-bond acceptors (Lipinski definition) is 4. The maximum absolute atomic E-state index is 12.5. The molecule has 1 atom stereocenters. The molecule has 1 saturated heterocycles. The summed E-state index contributed by atoms with van der Waals surface area (Å²) < 4.78 is 5.20. The number of carbonyl (C=O) groups is 3. The van der Waals surface area contributed by atoms with E-state index in [1.807, 2.05) is 0 Å². The summed E-state index contributed by atoms with van der Waals surface area (Å²) in [5, 5.41) is 8.36. The molecular formula is C20H21N3O4. The Morgan fingerprint density at radius 2 is 1.85 bits per heavy atom. The van der Waals surface area contributed by atoms with E-state index < -0.39 is 0 Å². The standard InChI is InChI=1S/C20H21N3O4/c1-27-17-8-3-2-7-16(17)20(26)23-14-6-4-5-13(11-14)22-19(25)12-15-9-10-18(24)21-15/h2-8,11,15H,9-10,12H2,1H3,(H,21,24)(H,22,25)(H,23,26)/t15-/m0/s1. The van der Waals surface area contributed by atoms with Crippen LogP contribution in [0.15, 0.2) is 48.5 Å². The number of amides is 3. The summed E-state index contributed by atoms with van der Waals surface area (Å²) in [6.07, 6.45) is 1.35. The van der Waals surface area contributed by atoms with Crippen LogP contribution in [-0.4, -0.2) is 30.9 Å². The Bertz CT molecular complexity index is 866. The van der Waals surface area contributed by atoms with Crippen molar-refractivity contribution in [3.8, 4) is 5.75 Å². The molecule has 0 saturated carbocycles. The Morgan fingerprint density at radius 1 is 1.11 bits per heavy atom. The van der Waals surface area contributed by atoms with E-state index >= 15 is 0 Å². The summed E-state index contributed by atoms with van der Waals surface area (Å²) in [6.45, 7) is 0. The second kappa shape index (κ2) is 8.35. The van der Waals surface area contributed by atoms with Gasteiger partial charge < -0.3 is 20.7 Å². The molecule has 0 spiro atoms. The lowest BCUT2D eigenvalue weighted by Gasteiger charge is -2.12. The summed E-state index contributed by atoms with van der Waals surface area (Å²) in [6, 6.07) is 13.7. The maximum Gasteiger partial charge on any atom is 0.259 e. The normalized spacial score (nSPS) is 15.7. The second-order valence-electron chi connectivity index (χ2n) is 6.29. The van der Waals surface area contributed by atoms with Crippen molar-refractivity contribution in [2.45, 2.75) is 25.3 Å². The van der Waals surface area contributed by atoms with E-state index in [-0.39, 0.29) is 30.2 Å². The van der Waals surface area contributed by atoms with Crippen LogP contribution in [0, 0.1) is 0 Å². The number of carbonyl (C=O) groups excluding carboxylic acids is 3. The van der Waals surface area contributed by atoms with Gasteiger partial charge in [0, 0.05) is 30.3 Å². The van der Waals surface area contributed by atoms with Crippen molar-refractivity contribution >= 4 is 29.1 Å². The third kappa shape index (κ3) is 4.84. The highest BCUT2D eigenvalue weighted by Crippen LogP contribution is 2.21. The van der Waals surface area contributed by atoms with E-state index in [4.69, 9.17) is 4.74 Å². The Hall–Kier alpha value is -3.35. The van der Waals surface area contributed by atoms with Crippen molar-refractivity contribution in [1.82, 2.24) is 5.32 Å². The van der Waals surface area contributed by atoms with Gasteiger partial charge >= 0.3 is 0 Å². The smallest absolute Gasteiger partial charge is 0.259 e. The van der Waals surface area contributed by atoms with Crippen molar-refractivity contribution in [2.75, 3.05) is 17.7 Å². The highest BCUT2D eigenvalue weighted by Gasteiger charge is 2.23. The lowest BCUT2D eigenvalue weighted by atomic mass is 10.1. The average molecular weight is 367 g/mol. The van der Waals surface area contributed by atoms with Gasteiger partial charge in [0.2, 0.25) is 11.8 Å². The molecule has 0 radical (unpaired) electrons. The molecule has 27 heavy (non-hydrogen) atoms. The van der Waals surface area contributed by atoms with Gasteiger partial charge in [-0.3, -0.25) is 14.4 Å². The van der Waals surface area contributed by atoms with E-state index in [1.54, 1.807) is 48.5 Å². The molecule has 140 valence electrons. The van der Waals surface area contributed by atoms with Gasteiger partial charge in [-0.1, -0.05) is 18.2 Å². The van der Waals surface area contributed by atoms with Crippen molar-refractivity contribution in [1.29, 1.82) is 0 Å². The molecule has 7 nitrogen and oxygen atoms in total. The molecule has 2 aromatic rings. The van der Waals surface area contributed by atoms with Crippen molar-refractivity contribution < 1.29 is 19.1 Å². The maximum atomic E-state index is 12.5. The van der Waals surface area contributed by atoms with Crippen LogP contribution in [0.4, 0.5) is 11.4 Å². The average Bonchev–Trinajstić information content (AvgIpc) is 3.06. The molecule has 1 aliphatic heterocycles. The Labute approximate surface area is 157 Å². The topological polar surface area (TPSA) is 96.5 Å². The van der Waals surface area contributed by atoms with Gasteiger partial charge in [0.1, 0.15) is 5.75 Å². The Kier molecular flexibility index (Phi) is 5.71. The van der Waals surface area contributed by atoms with E-state index in [1.165, 1.54) is 7.11 Å². The molecule has 1 fully saturated rings. The summed E-state index contributed by atoms with van der Waals surface area (Å²) in [4.78, 5) is 35.8. The lowest BCUT2D eigenvalue weighted by Crippen LogP contribution is -2.29. The molecule has 0 aromatic heterocycles. The summed E-state index contributed by atoms with van der Waals surface area (Å²) in [5.74, 6) is -0.0214. The minimum Gasteiger partial charge on any atom is -0.496 e. The van der Waals surface area contributed by atoms with Gasteiger partial charge in [-0.05, 0) is 36.8 Å². The fraction of sp³-hybridized carbons (Fsp3) is 0.250. The molecule has 1 heterocycles. The van der Waals surface area contributed by atoms with Crippen LogP contribution >= 0.6 is 0 Å². The minimum absolute atomic E-state index is 0.0196. The van der Waals surface area contributed by atoms with Crippen molar-refractivity contribution in [3.63, 3.8) is 0 Å². The minimum atomic E-state index is -0.301. The number of ether oxygens (including phenoxy) is 1. The van der Waals surface area contributed by atoms with Gasteiger partial charge in [0.25, 0.3) is 5.91 Å². The van der Waals surface area contributed by atoms with Crippen molar-refractivity contribution in [3.05, 3.63) is 54.1 Å². The van der Waals surface area contributed by atoms with E-state index in [2.05, 4.69) is 16.0 Å². The predicted octanol–water partition coefficient (Wildman–Crippen LogP) is 2.55. The van der Waals surface area contributed by atoms with Crippen LogP contribution in [0.2, 0.25) is 0 Å². The van der Waals surface area contributed by atoms with Crippen LogP contribution in [0.1, 0.15) is 29.6 Å². The molecule has 1 aliphatic rings. The highest BCUT2D eigenvalue weighted by atomic mass is 16.5. The second-order valence-corrected chi connectivity index (χ2v) is 6.29. The van der Waals surface area contributed by atoms with Gasteiger partial charge in [0.05, 0.1) is 12.7 Å². The fourth-order valence-electron chi connectivity index (χ4n) is 2.97. The van der Waals surface area contributed by atoms with Crippen molar-refractivity contribution in [2.24, 2.45) is 0 Å². The number of benzene rings is 2. The first-order valence-electron chi connectivity index (χ1n) is 8.69. The first kappa shape index (κ1) is 18.4. The molecule has 3 rings (SSSR count). The number of methoxy groups -OCH3 is 1. The van der Waals surface area contributed by atoms with Crippen LogP contribution < -0.4 is 20.7 Å². The van der Waals surface area contributed by atoms with E-state index in [0.29, 0.717) is 35.5 Å². The van der Waals surface area contributed by atoms with E-state index in [9.17, 15) is 14.4 Å². The number of hydrogen-bond donors (Lipinski definition) is 3. The zero-order valence-corrected chi connectivity index (χ0v) is 15.0. The molecular weight excluding hydrogens is 346 g/mol. The SMILES string of the molecule is COc1ccccc1C(=O)Nc1cccc(NC(=O)C[C@@H]2CCC(=O)N2)c1. The molecule has 7 heteroatoms. The summed E-state index contributed by atoms with van der Waals surface area (Å²) >= 11 is 0. The number of para-hydroxylation sites is 1. The number of nitrogens with one attached hydrogen (secondary N) is 3. The Morgan fingerprint density at radius 3 is 2.56 bits per heavy atom. The molecule has 3 amide bonds. The number of rotatable bonds is 6. The van der Waals surface area contributed by atoms with Gasteiger partial charge in [0.15, 0.2) is 0 Å². The molecule has 0 bridgehead atoms.